The molecule has 1 N–H and O–H groups in total. The molecule has 0 aliphatic heterocycles. The van der Waals surface area contributed by atoms with E-state index in [9.17, 15) is 5.11 Å². The lowest BCUT2D eigenvalue weighted by molar-refractivity contribution is -0.142. The maximum absolute atomic E-state index is 10.6. The molecule has 4 nitrogen and oxygen atoms in total. The summed E-state index contributed by atoms with van der Waals surface area (Å²) in [4.78, 5) is 4.30. The van der Waals surface area contributed by atoms with Crippen LogP contribution < -0.4 is 0 Å². The molecule has 1 aromatic carbocycles. The van der Waals surface area contributed by atoms with Gasteiger partial charge in [-0.3, -0.25) is 4.98 Å². The van der Waals surface area contributed by atoms with Crippen molar-refractivity contribution in [3.63, 3.8) is 0 Å². The molecule has 0 amide bonds. The van der Waals surface area contributed by atoms with E-state index < -0.39 is 11.9 Å². The van der Waals surface area contributed by atoms with Gasteiger partial charge in [-0.15, -0.1) is 0 Å². The molecular formula is C15H19NO3. The van der Waals surface area contributed by atoms with E-state index in [1.165, 1.54) is 0 Å². The van der Waals surface area contributed by atoms with E-state index in [4.69, 9.17) is 9.47 Å². The van der Waals surface area contributed by atoms with Crippen molar-refractivity contribution in [3.05, 3.63) is 42.1 Å². The number of hydrogen-bond acceptors (Lipinski definition) is 4. The SMILES string of the molecule is COC(CC(C)(O)c1ccc2cccnc2c1)OC. The Morgan fingerprint density at radius 2 is 2.00 bits per heavy atom. The zero-order valence-corrected chi connectivity index (χ0v) is 11.5. The number of ether oxygens (including phenoxy) is 2. The molecular weight excluding hydrogens is 242 g/mol. The lowest BCUT2D eigenvalue weighted by Crippen LogP contribution is -2.29. The number of aromatic nitrogens is 1. The second kappa shape index (κ2) is 5.65. The van der Waals surface area contributed by atoms with E-state index in [1.54, 1.807) is 27.3 Å². The van der Waals surface area contributed by atoms with Crippen molar-refractivity contribution in [2.45, 2.75) is 25.2 Å². The van der Waals surface area contributed by atoms with Crippen molar-refractivity contribution in [1.29, 1.82) is 0 Å². The van der Waals surface area contributed by atoms with Crippen LogP contribution >= 0.6 is 0 Å². The van der Waals surface area contributed by atoms with Gasteiger partial charge in [0.1, 0.15) is 0 Å². The van der Waals surface area contributed by atoms with Crippen LogP contribution in [-0.4, -0.2) is 30.6 Å². The number of nitrogens with zero attached hydrogens (tertiary/aromatic N) is 1. The van der Waals surface area contributed by atoms with Gasteiger partial charge < -0.3 is 14.6 Å². The molecule has 0 radical (unpaired) electrons. The largest absolute Gasteiger partial charge is 0.385 e. The quantitative estimate of drug-likeness (QED) is 0.840. The Kier molecular flexibility index (Phi) is 4.14. The molecule has 0 saturated carbocycles. The standard InChI is InChI=1S/C15H19NO3/c1-15(17,10-14(18-2)19-3)12-7-6-11-5-4-8-16-13(11)9-12/h4-9,14,17H,10H2,1-3H3. The molecule has 0 aliphatic carbocycles. The van der Waals surface area contributed by atoms with Gasteiger partial charge in [-0.05, 0) is 24.6 Å². The van der Waals surface area contributed by atoms with Crippen molar-refractivity contribution < 1.29 is 14.6 Å². The minimum absolute atomic E-state index is 0.359. The number of hydrogen-bond donors (Lipinski definition) is 1. The van der Waals surface area contributed by atoms with Gasteiger partial charge in [-0.2, -0.15) is 0 Å². The van der Waals surface area contributed by atoms with Crippen molar-refractivity contribution in [2.75, 3.05) is 14.2 Å². The fraction of sp³-hybridized carbons (Fsp3) is 0.400. The normalized spacial score (nSPS) is 14.8. The summed E-state index contributed by atoms with van der Waals surface area (Å²) >= 11 is 0. The Bertz CT molecular complexity index is 550. The second-order valence-electron chi connectivity index (χ2n) is 4.79. The second-order valence-corrected chi connectivity index (χ2v) is 4.79. The van der Waals surface area contributed by atoms with Crippen LogP contribution in [0.5, 0.6) is 0 Å². The van der Waals surface area contributed by atoms with Gasteiger partial charge in [0.15, 0.2) is 6.29 Å². The Morgan fingerprint density at radius 3 is 2.68 bits per heavy atom. The van der Waals surface area contributed by atoms with Crippen LogP contribution in [0.1, 0.15) is 18.9 Å². The minimum atomic E-state index is -1.03. The first-order valence-corrected chi connectivity index (χ1v) is 6.20. The summed E-state index contributed by atoms with van der Waals surface area (Å²) in [5.41, 5.74) is 0.645. The molecule has 102 valence electrons. The Labute approximate surface area is 113 Å². The summed E-state index contributed by atoms with van der Waals surface area (Å²) in [5, 5.41) is 11.6. The van der Waals surface area contributed by atoms with E-state index in [2.05, 4.69) is 4.98 Å². The molecule has 0 bridgehead atoms. The van der Waals surface area contributed by atoms with Crippen LogP contribution in [0.3, 0.4) is 0 Å². The molecule has 1 heterocycles. The van der Waals surface area contributed by atoms with Crippen LogP contribution in [-0.2, 0) is 15.1 Å². The van der Waals surface area contributed by atoms with Gasteiger partial charge >= 0.3 is 0 Å². The average Bonchev–Trinajstić information content (AvgIpc) is 2.44. The summed E-state index contributed by atoms with van der Waals surface area (Å²) in [7, 11) is 3.12. The lowest BCUT2D eigenvalue weighted by Gasteiger charge is -2.27. The van der Waals surface area contributed by atoms with E-state index in [0.717, 1.165) is 16.5 Å². The third kappa shape index (κ3) is 3.10. The van der Waals surface area contributed by atoms with Crippen LogP contribution in [0, 0.1) is 0 Å². The highest BCUT2D eigenvalue weighted by atomic mass is 16.7. The smallest absolute Gasteiger partial charge is 0.159 e. The lowest BCUT2D eigenvalue weighted by atomic mass is 9.91. The van der Waals surface area contributed by atoms with E-state index in [0.29, 0.717) is 6.42 Å². The molecule has 0 saturated heterocycles. The zero-order valence-electron chi connectivity index (χ0n) is 11.5. The van der Waals surface area contributed by atoms with Crippen LogP contribution in [0.15, 0.2) is 36.5 Å². The first-order chi connectivity index (χ1) is 9.06. The van der Waals surface area contributed by atoms with Crippen LogP contribution in [0.4, 0.5) is 0 Å². The summed E-state index contributed by atoms with van der Waals surface area (Å²) < 4.78 is 10.3. The monoisotopic (exact) mass is 261 g/mol. The Balaban J connectivity index is 2.31. The topological polar surface area (TPSA) is 51.6 Å². The van der Waals surface area contributed by atoms with Crippen molar-refractivity contribution in [1.82, 2.24) is 4.98 Å². The summed E-state index contributed by atoms with van der Waals surface area (Å²) in [6.07, 6.45) is 1.67. The van der Waals surface area contributed by atoms with Gasteiger partial charge in [0.25, 0.3) is 0 Å². The summed E-state index contributed by atoms with van der Waals surface area (Å²) in [6.45, 7) is 1.75. The highest BCUT2D eigenvalue weighted by molar-refractivity contribution is 5.79. The molecule has 1 unspecified atom stereocenters. The average molecular weight is 261 g/mol. The number of rotatable bonds is 5. The van der Waals surface area contributed by atoms with Gasteiger partial charge in [-0.1, -0.05) is 18.2 Å². The van der Waals surface area contributed by atoms with Crippen LogP contribution in [0.25, 0.3) is 10.9 Å². The van der Waals surface area contributed by atoms with Gasteiger partial charge in [0, 0.05) is 32.2 Å². The molecule has 0 aliphatic rings. The molecule has 2 rings (SSSR count). The zero-order chi connectivity index (χ0) is 13.9. The minimum Gasteiger partial charge on any atom is -0.385 e. The van der Waals surface area contributed by atoms with Crippen molar-refractivity contribution >= 4 is 10.9 Å². The first-order valence-electron chi connectivity index (χ1n) is 6.20. The molecule has 4 heteroatoms. The van der Waals surface area contributed by atoms with Crippen molar-refractivity contribution in [3.8, 4) is 0 Å². The summed E-state index contributed by atoms with van der Waals surface area (Å²) in [6, 6.07) is 9.66. The van der Waals surface area contributed by atoms with Gasteiger partial charge in [0.05, 0.1) is 11.1 Å². The predicted molar refractivity (Wildman–Crippen MR) is 73.7 cm³/mol. The third-order valence-electron chi connectivity index (χ3n) is 3.32. The highest BCUT2D eigenvalue weighted by Gasteiger charge is 2.27. The molecule has 0 spiro atoms. The van der Waals surface area contributed by atoms with Crippen molar-refractivity contribution in [2.24, 2.45) is 0 Å². The molecule has 1 atom stereocenters. The Morgan fingerprint density at radius 1 is 1.26 bits per heavy atom. The van der Waals surface area contributed by atoms with Gasteiger partial charge in [0.2, 0.25) is 0 Å². The maximum Gasteiger partial charge on any atom is 0.159 e. The first kappa shape index (κ1) is 13.9. The molecule has 1 aromatic heterocycles. The third-order valence-corrected chi connectivity index (χ3v) is 3.32. The highest BCUT2D eigenvalue weighted by Crippen LogP contribution is 2.29. The Hall–Kier alpha value is -1.49. The predicted octanol–water partition coefficient (Wildman–Crippen LogP) is 2.45. The van der Waals surface area contributed by atoms with E-state index >= 15 is 0 Å². The van der Waals surface area contributed by atoms with E-state index in [1.807, 2.05) is 30.3 Å². The summed E-state index contributed by atoms with van der Waals surface area (Å²) in [5.74, 6) is 0. The number of aliphatic hydroxyl groups is 1. The van der Waals surface area contributed by atoms with Crippen LogP contribution in [0.2, 0.25) is 0 Å². The molecule has 19 heavy (non-hydrogen) atoms. The van der Waals surface area contributed by atoms with Gasteiger partial charge in [-0.25, -0.2) is 0 Å². The maximum atomic E-state index is 10.6. The number of methoxy groups -OCH3 is 2. The number of fused-ring (bicyclic) bond motifs is 1. The van der Waals surface area contributed by atoms with E-state index in [-0.39, 0.29) is 0 Å². The number of benzene rings is 1. The molecule has 2 aromatic rings. The fourth-order valence-corrected chi connectivity index (χ4v) is 2.11. The number of pyridine rings is 1. The molecule has 0 fully saturated rings. The fourth-order valence-electron chi connectivity index (χ4n) is 2.11.